The fourth-order valence-electron chi connectivity index (χ4n) is 2.17. The molecule has 3 nitrogen and oxygen atoms in total. The van der Waals surface area contributed by atoms with Gasteiger partial charge in [-0.25, -0.2) is 4.39 Å². The lowest BCUT2D eigenvalue weighted by Gasteiger charge is -2.28. The van der Waals surface area contributed by atoms with E-state index in [2.05, 4.69) is 21.2 Å². The predicted octanol–water partition coefficient (Wildman–Crippen LogP) is 2.62. The van der Waals surface area contributed by atoms with E-state index in [9.17, 15) is 14.3 Å². The van der Waals surface area contributed by atoms with E-state index in [4.69, 9.17) is 0 Å². The molecule has 1 aromatic carbocycles. The van der Waals surface area contributed by atoms with Gasteiger partial charge in [-0.05, 0) is 47.0 Å². The minimum atomic E-state index is -0.497. The molecule has 1 aliphatic rings. The zero-order chi connectivity index (χ0) is 13.1. The van der Waals surface area contributed by atoms with Crippen molar-refractivity contribution >= 4 is 21.8 Å². The van der Waals surface area contributed by atoms with Gasteiger partial charge in [-0.15, -0.1) is 0 Å². The van der Waals surface area contributed by atoms with Crippen molar-refractivity contribution < 1.29 is 14.3 Å². The minimum Gasteiger partial charge on any atom is -0.391 e. The van der Waals surface area contributed by atoms with Crippen molar-refractivity contribution in [1.29, 1.82) is 0 Å². The number of carbonyl (C=O) groups is 1. The quantitative estimate of drug-likeness (QED) is 0.881. The highest BCUT2D eigenvalue weighted by molar-refractivity contribution is 9.10. The molecule has 1 aromatic rings. The van der Waals surface area contributed by atoms with Crippen LogP contribution in [-0.2, 0) is 0 Å². The molecule has 0 saturated heterocycles. The van der Waals surface area contributed by atoms with Crippen LogP contribution >= 0.6 is 15.9 Å². The van der Waals surface area contributed by atoms with Crippen LogP contribution in [0.3, 0.4) is 0 Å². The van der Waals surface area contributed by atoms with E-state index in [0.29, 0.717) is 10.9 Å². The third kappa shape index (κ3) is 3.09. The Bertz CT molecular complexity index is 453. The second-order valence-corrected chi connectivity index (χ2v) is 5.41. The molecule has 1 aliphatic carbocycles. The van der Waals surface area contributed by atoms with Gasteiger partial charge in [0.15, 0.2) is 0 Å². The number of aliphatic hydroxyl groups excluding tert-OH is 1. The molecule has 98 valence electrons. The molecule has 18 heavy (non-hydrogen) atoms. The first kappa shape index (κ1) is 13.5. The summed E-state index contributed by atoms with van der Waals surface area (Å²) in [7, 11) is 0. The molecule has 1 fully saturated rings. The summed E-state index contributed by atoms with van der Waals surface area (Å²) in [4.78, 5) is 11.9. The van der Waals surface area contributed by atoms with Crippen LogP contribution in [0.2, 0.25) is 0 Å². The molecule has 5 heteroatoms. The number of hydrogen-bond acceptors (Lipinski definition) is 2. The molecule has 0 bridgehead atoms. The number of amides is 1. The molecule has 0 radical (unpaired) electrons. The normalized spacial score (nSPS) is 23.7. The van der Waals surface area contributed by atoms with Crippen molar-refractivity contribution in [3.8, 4) is 0 Å². The molecule has 0 unspecified atom stereocenters. The number of carbonyl (C=O) groups excluding carboxylic acids is 1. The maximum absolute atomic E-state index is 13.3. The highest BCUT2D eigenvalue weighted by atomic mass is 79.9. The molecule has 2 atom stereocenters. The van der Waals surface area contributed by atoms with Crippen molar-refractivity contribution in [3.05, 3.63) is 34.1 Å². The van der Waals surface area contributed by atoms with Gasteiger partial charge in [-0.1, -0.05) is 12.8 Å². The van der Waals surface area contributed by atoms with E-state index in [1.807, 2.05) is 0 Å². The van der Waals surface area contributed by atoms with Gasteiger partial charge in [0.2, 0.25) is 0 Å². The van der Waals surface area contributed by atoms with Crippen LogP contribution < -0.4 is 5.32 Å². The van der Waals surface area contributed by atoms with E-state index >= 15 is 0 Å². The predicted molar refractivity (Wildman–Crippen MR) is 69.8 cm³/mol. The lowest BCUT2D eigenvalue weighted by atomic mass is 9.92. The molecule has 0 aromatic heterocycles. The third-order valence-electron chi connectivity index (χ3n) is 3.23. The fourth-order valence-corrected chi connectivity index (χ4v) is 2.42. The molecule has 1 saturated carbocycles. The largest absolute Gasteiger partial charge is 0.391 e. The van der Waals surface area contributed by atoms with Crippen LogP contribution in [-0.4, -0.2) is 23.2 Å². The van der Waals surface area contributed by atoms with Crippen LogP contribution in [0.25, 0.3) is 0 Å². The molecule has 2 N–H and O–H groups in total. The first-order chi connectivity index (χ1) is 8.58. The Kier molecular flexibility index (Phi) is 4.35. The number of halogens is 2. The standard InChI is InChI=1S/C13H15BrFNO2/c14-9-6-5-8(7-10(9)15)13(18)16-11-3-1-2-4-12(11)17/h5-7,11-12,17H,1-4H2,(H,16,18)/t11-,12-/m1/s1. The summed E-state index contributed by atoms with van der Waals surface area (Å²) < 4.78 is 13.6. The lowest BCUT2D eigenvalue weighted by Crippen LogP contribution is -2.45. The molecular formula is C13H15BrFNO2. The Morgan fingerprint density at radius 2 is 2.11 bits per heavy atom. The Morgan fingerprint density at radius 3 is 2.78 bits per heavy atom. The summed E-state index contributed by atoms with van der Waals surface area (Å²) >= 11 is 3.04. The van der Waals surface area contributed by atoms with Crippen molar-refractivity contribution in [3.63, 3.8) is 0 Å². The number of rotatable bonds is 2. The van der Waals surface area contributed by atoms with Crippen LogP contribution in [0.15, 0.2) is 22.7 Å². The van der Waals surface area contributed by atoms with Crippen molar-refractivity contribution in [2.45, 2.75) is 37.8 Å². The van der Waals surface area contributed by atoms with Crippen molar-refractivity contribution in [2.24, 2.45) is 0 Å². The smallest absolute Gasteiger partial charge is 0.251 e. The number of nitrogens with one attached hydrogen (secondary N) is 1. The zero-order valence-corrected chi connectivity index (χ0v) is 11.4. The van der Waals surface area contributed by atoms with Crippen molar-refractivity contribution in [2.75, 3.05) is 0 Å². The highest BCUT2D eigenvalue weighted by Crippen LogP contribution is 2.20. The summed E-state index contributed by atoms with van der Waals surface area (Å²) in [5.74, 6) is -0.806. The monoisotopic (exact) mass is 315 g/mol. The molecule has 0 heterocycles. The number of benzene rings is 1. The third-order valence-corrected chi connectivity index (χ3v) is 3.87. The average Bonchev–Trinajstić information content (AvgIpc) is 2.35. The summed E-state index contributed by atoms with van der Waals surface area (Å²) in [6, 6.07) is 4.02. The van der Waals surface area contributed by atoms with Gasteiger partial charge < -0.3 is 10.4 Å². The van der Waals surface area contributed by atoms with Gasteiger partial charge >= 0.3 is 0 Å². The average molecular weight is 316 g/mol. The Labute approximate surface area is 114 Å². The molecule has 0 aliphatic heterocycles. The second kappa shape index (κ2) is 5.80. The zero-order valence-electron chi connectivity index (χ0n) is 9.83. The first-order valence-electron chi connectivity index (χ1n) is 6.02. The number of aliphatic hydroxyl groups is 1. The van der Waals surface area contributed by atoms with Crippen LogP contribution in [0.5, 0.6) is 0 Å². The van der Waals surface area contributed by atoms with Gasteiger partial charge in [0, 0.05) is 5.56 Å². The SMILES string of the molecule is O=C(N[C@@H]1CCCC[C@H]1O)c1ccc(Br)c(F)c1. The van der Waals surface area contributed by atoms with Gasteiger partial charge in [-0.2, -0.15) is 0 Å². The molecule has 2 rings (SSSR count). The van der Waals surface area contributed by atoms with Gasteiger partial charge in [0.1, 0.15) is 5.82 Å². The van der Waals surface area contributed by atoms with E-state index < -0.39 is 11.9 Å². The first-order valence-corrected chi connectivity index (χ1v) is 6.81. The summed E-state index contributed by atoms with van der Waals surface area (Å²) in [6.07, 6.45) is 2.96. The van der Waals surface area contributed by atoms with E-state index in [0.717, 1.165) is 19.3 Å². The highest BCUT2D eigenvalue weighted by Gasteiger charge is 2.24. The minimum absolute atomic E-state index is 0.224. The van der Waals surface area contributed by atoms with Gasteiger partial charge in [0.25, 0.3) is 5.91 Å². The fraction of sp³-hybridized carbons (Fsp3) is 0.462. The molecular weight excluding hydrogens is 301 g/mol. The Hall–Kier alpha value is -0.940. The molecule has 0 spiro atoms. The maximum atomic E-state index is 13.3. The maximum Gasteiger partial charge on any atom is 0.251 e. The molecule has 1 amide bonds. The number of hydrogen-bond donors (Lipinski definition) is 2. The summed E-state index contributed by atoms with van der Waals surface area (Å²) in [5, 5.41) is 12.5. The topological polar surface area (TPSA) is 49.3 Å². The van der Waals surface area contributed by atoms with Gasteiger partial charge in [-0.3, -0.25) is 4.79 Å². The van der Waals surface area contributed by atoms with E-state index in [1.165, 1.54) is 12.1 Å². The van der Waals surface area contributed by atoms with Crippen LogP contribution in [0.1, 0.15) is 36.0 Å². The second-order valence-electron chi connectivity index (χ2n) is 4.56. The lowest BCUT2D eigenvalue weighted by molar-refractivity contribution is 0.0717. The van der Waals surface area contributed by atoms with Crippen LogP contribution in [0, 0.1) is 5.82 Å². The summed E-state index contributed by atoms with van der Waals surface area (Å²) in [6.45, 7) is 0. The van der Waals surface area contributed by atoms with Crippen LogP contribution in [0.4, 0.5) is 4.39 Å². The van der Waals surface area contributed by atoms with Crippen molar-refractivity contribution in [1.82, 2.24) is 5.32 Å². The summed E-state index contributed by atoms with van der Waals surface area (Å²) in [5.41, 5.74) is 0.272. The van der Waals surface area contributed by atoms with Gasteiger partial charge in [0.05, 0.1) is 16.6 Å². The Balaban J connectivity index is 2.04. The Morgan fingerprint density at radius 1 is 1.39 bits per heavy atom. The van der Waals surface area contributed by atoms with E-state index in [1.54, 1.807) is 6.07 Å². The van der Waals surface area contributed by atoms with E-state index in [-0.39, 0.29) is 17.5 Å².